The molecule has 1 aromatic carbocycles. The zero-order valence-corrected chi connectivity index (χ0v) is 19.0. The van der Waals surface area contributed by atoms with Crippen LogP contribution in [-0.2, 0) is 13.6 Å². The van der Waals surface area contributed by atoms with Crippen molar-refractivity contribution in [1.29, 1.82) is 0 Å². The summed E-state index contributed by atoms with van der Waals surface area (Å²) in [6.45, 7) is 5.95. The Hall–Kier alpha value is -2.87. The van der Waals surface area contributed by atoms with Crippen LogP contribution in [0.15, 0.2) is 38.8 Å². The van der Waals surface area contributed by atoms with Crippen LogP contribution >= 0.6 is 11.6 Å². The summed E-state index contributed by atoms with van der Waals surface area (Å²) in [7, 11) is 1.60. The summed E-state index contributed by atoms with van der Waals surface area (Å²) in [6, 6.07) is 7.53. The first-order valence-electron chi connectivity index (χ1n) is 10.7. The molecule has 9 heteroatoms. The van der Waals surface area contributed by atoms with Gasteiger partial charge in [0.05, 0.1) is 12.3 Å². The number of aryl methyl sites for hydroxylation is 1. The standard InChI is InChI=1S/C22H29ClN6O2/c1-4-6-11-24-17(15-9-8-10-16(23)13-15)14-29-18-19(26-21(29)25-12-7-5-2)28(3)22(31)27-20(18)30/h8-10,13H,4-7,11-12,14H2,1-3H3,(H,25,26)(H,27,30,31). The fraction of sp³-hybridized carbons (Fsp3) is 0.455. The Labute approximate surface area is 186 Å². The second-order valence-electron chi connectivity index (χ2n) is 7.48. The van der Waals surface area contributed by atoms with E-state index in [-0.39, 0.29) is 0 Å². The van der Waals surface area contributed by atoms with E-state index in [1.54, 1.807) is 11.6 Å². The van der Waals surface area contributed by atoms with E-state index in [9.17, 15) is 9.59 Å². The fourth-order valence-corrected chi connectivity index (χ4v) is 3.51. The Morgan fingerprint density at radius 1 is 1.23 bits per heavy atom. The summed E-state index contributed by atoms with van der Waals surface area (Å²) in [5, 5.41) is 3.94. The monoisotopic (exact) mass is 444 g/mol. The predicted octanol–water partition coefficient (Wildman–Crippen LogP) is 3.58. The van der Waals surface area contributed by atoms with Crippen LogP contribution in [0.25, 0.3) is 11.2 Å². The van der Waals surface area contributed by atoms with Gasteiger partial charge in [0.25, 0.3) is 5.56 Å². The van der Waals surface area contributed by atoms with Crippen molar-refractivity contribution in [2.24, 2.45) is 12.0 Å². The summed E-state index contributed by atoms with van der Waals surface area (Å²) in [6.07, 6.45) is 3.99. The number of H-pyrrole nitrogens is 1. The van der Waals surface area contributed by atoms with Crippen LogP contribution in [0.4, 0.5) is 5.95 Å². The van der Waals surface area contributed by atoms with Crippen molar-refractivity contribution in [3.63, 3.8) is 0 Å². The minimum absolute atomic E-state index is 0.330. The number of aliphatic imine (C=N–C) groups is 1. The van der Waals surface area contributed by atoms with E-state index >= 15 is 0 Å². The van der Waals surface area contributed by atoms with Gasteiger partial charge in [-0.2, -0.15) is 4.98 Å². The molecule has 0 radical (unpaired) electrons. The van der Waals surface area contributed by atoms with Gasteiger partial charge in [-0.15, -0.1) is 0 Å². The molecule has 3 rings (SSSR count). The summed E-state index contributed by atoms with van der Waals surface area (Å²) in [5.41, 5.74) is 1.42. The number of nitrogens with one attached hydrogen (secondary N) is 2. The number of nitrogens with zero attached hydrogens (tertiary/aromatic N) is 4. The summed E-state index contributed by atoms with van der Waals surface area (Å²) in [4.78, 5) is 36.6. The van der Waals surface area contributed by atoms with Gasteiger partial charge >= 0.3 is 5.69 Å². The van der Waals surface area contributed by atoms with E-state index in [1.807, 2.05) is 24.3 Å². The van der Waals surface area contributed by atoms with Gasteiger partial charge in [-0.05, 0) is 30.5 Å². The second kappa shape index (κ2) is 10.4. The molecular formula is C22H29ClN6O2. The molecule has 0 saturated heterocycles. The number of aromatic nitrogens is 4. The molecule has 0 bridgehead atoms. The minimum atomic E-state index is -0.492. The zero-order chi connectivity index (χ0) is 22.4. The Kier molecular flexibility index (Phi) is 7.68. The smallest absolute Gasteiger partial charge is 0.329 e. The first-order valence-corrected chi connectivity index (χ1v) is 11.1. The van der Waals surface area contributed by atoms with Crippen molar-refractivity contribution in [3.8, 4) is 0 Å². The van der Waals surface area contributed by atoms with E-state index in [1.165, 1.54) is 4.57 Å². The second-order valence-corrected chi connectivity index (χ2v) is 7.92. The summed E-state index contributed by atoms with van der Waals surface area (Å²) < 4.78 is 3.15. The third kappa shape index (κ3) is 5.25. The van der Waals surface area contributed by atoms with Crippen LogP contribution in [0.5, 0.6) is 0 Å². The highest BCUT2D eigenvalue weighted by Crippen LogP contribution is 2.19. The van der Waals surface area contributed by atoms with Crippen LogP contribution in [0.3, 0.4) is 0 Å². The molecule has 2 heterocycles. The molecule has 8 nitrogen and oxygen atoms in total. The number of halogens is 1. The zero-order valence-electron chi connectivity index (χ0n) is 18.2. The van der Waals surface area contributed by atoms with E-state index in [0.717, 1.165) is 37.0 Å². The average Bonchev–Trinajstić information content (AvgIpc) is 3.10. The number of hydrogen-bond donors (Lipinski definition) is 2. The number of aromatic amines is 1. The lowest BCUT2D eigenvalue weighted by Crippen LogP contribution is -2.29. The molecular weight excluding hydrogens is 416 g/mol. The molecule has 166 valence electrons. The molecule has 0 atom stereocenters. The van der Waals surface area contributed by atoms with Crippen LogP contribution in [-0.4, -0.2) is 37.9 Å². The highest BCUT2D eigenvalue weighted by molar-refractivity contribution is 6.31. The van der Waals surface area contributed by atoms with Crippen molar-refractivity contribution in [2.45, 2.75) is 46.1 Å². The Morgan fingerprint density at radius 3 is 2.71 bits per heavy atom. The molecule has 2 aromatic heterocycles. The van der Waals surface area contributed by atoms with Gasteiger partial charge in [0.15, 0.2) is 11.2 Å². The molecule has 0 saturated carbocycles. The normalized spacial score (nSPS) is 11.9. The average molecular weight is 445 g/mol. The first kappa shape index (κ1) is 22.8. The van der Waals surface area contributed by atoms with Crippen LogP contribution in [0, 0.1) is 0 Å². The lowest BCUT2D eigenvalue weighted by atomic mass is 10.1. The Balaban J connectivity index is 2.14. The van der Waals surface area contributed by atoms with E-state index < -0.39 is 11.2 Å². The molecule has 0 aliphatic heterocycles. The van der Waals surface area contributed by atoms with Gasteiger partial charge < -0.3 is 5.32 Å². The van der Waals surface area contributed by atoms with Crippen molar-refractivity contribution in [1.82, 2.24) is 19.1 Å². The van der Waals surface area contributed by atoms with Crippen LogP contribution in [0.1, 0.15) is 45.1 Å². The van der Waals surface area contributed by atoms with E-state index in [2.05, 4.69) is 29.1 Å². The molecule has 0 aliphatic carbocycles. The molecule has 2 N–H and O–H groups in total. The highest BCUT2D eigenvalue weighted by atomic mass is 35.5. The minimum Gasteiger partial charge on any atom is -0.356 e. The molecule has 0 spiro atoms. The lowest BCUT2D eigenvalue weighted by Gasteiger charge is -2.13. The topological polar surface area (TPSA) is 97.1 Å². The van der Waals surface area contributed by atoms with Gasteiger partial charge in [0.1, 0.15) is 0 Å². The maximum Gasteiger partial charge on any atom is 0.329 e. The van der Waals surface area contributed by atoms with Crippen molar-refractivity contribution < 1.29 is 0 Å². The van der Waals surface area contributed by atoms with Crippen LogP contribution < -0.4 is 16.6 Å². The number of fused-ring (bicyclic) bond motifs is 1. The first-order chi connectivity index (χ1) is 15.0. The van der Waals surface area contributed by atoms with Gasteiger partial charge in [0, 0.05) is 25.2 Å². The number of benzene rings is 1. The van der Waals surface area contributed by atoms with Crippen molar-refractivity contribution >= 4 is 34.4 Å². The fourth-order valence-electron chi connectivity index (χ4n) is 3.32. The predicted molar refractivity (Wildman–Crippen MR) is 127 cm³/mol. The van der Waals surface area contributed by atoms with Gasteiger partial charge in [-0.25, -0.2) is 4.79 Å². The van der Waals surface area contributed by atoms with E-state index in [4.69, 9.17) is 16.6 Å². The van der Waals surface area contributed by atoms with Gasteiger partial charge in [-0.1, -0.05) is 50.4 Å². The lowest BCUT2D eigenvalue weighted by molar-refractivity contribution is 0.789. The maximum atomic E-state index is 12.7. The number of anilines is 1. The Bertz CT molecular complexity index is 1190. The third-order valence-corrected chi connectivity index (χ3v) is 5.34. The van der Waals surface area contributed by atoms with Gasteiger partial charge in [-0.3, -0.25) is 23.9 Å². The molecule has 0 fully saturated rings. The summed E-state index contributed by atoms with van der Waals surface area (Å²) >= 11 is 6.23. The number of hydrogen-bond acceptors (Lipinski definition) is 5. The largest absolute Gasteiger partial charge is 0.356 e. The Morgan fingerprint density at radius 2 is 2.00 bits per heavy atom. The molecule has 3 aromatic rings. The van der Waals surface area contributed by atoms with Crippen molar-refractivity contribution in [2.75, 3.05) is 18.4 Å². The maximum absolute atomic E-state index is 12.7. The molecule has 0 unspecified atom stereocenters. The molecule has 0 aliphatic rings. The highest BCUT2D eigenvalue weighted by Gasteiger charge is 2.19. The summed E-state index contributed by atoms with van der Waals surface area (Å²) in [5.74, 6) is 0.542. The molecule has 31 heavy (non-hydrogen) atoms. The SMILES string of the molecule is CCCCN=C(Cn1c(NCCCC)nc2c1c(=O)[nH]c(=O)n2C)c1cccc(Cl)c1. The molecule has 0 amide bonds. The number of imidazole rings is 1. The number of rotatable bonds is 10. The van der Waals surface area contributed by atoms with Gasteiger partial charge in [0.2, 0.25) is 5.95 Å². The number of unbranched alkanes of at least 4 members (excludes halogenated alkanes) is 2. The van der Waals surface area contributed by atoms with Crippen molar-refractivity contribution in [3.05, 3.63) is 55.7 Å². The van der Waals surface area contributed by atoms with E-state index in [0.29, 0.717) is 41.8 Å². The van der Waals surface area contributed by atoms with Crippen LogP contribution in [0.2, 0.25) is 5.02 Å². The third-order valence-electron chi connectivity index (χ3n) is 5.10. The quantitative estimate of drug-likeness (QED) is 0.369.